The maximum atomic E-state index is 11.0. The lowest BCUT2D eigenvalue weighted by molar-refractivity contribution is -0.140. The van der Waals surface area contributed by atoms with E-state index in [1.807, 2.05) is 0 Å². The van der Waals surface area contributed by atoms with E-state index < -0.39 is 6.04 Å². The first-order valence-electron chi connectivity index (χ1n) is 5.18. The Morgan fingerprint density at radius 2 is 1.94 bits per heavy atom. The lowest BCUT2D eigenvalue weighted by Crippen LogP contribution is -2.38. The molecule has 3 N–H and O–H groups in total. The summed E-state index contributed by atoms with van der Waals surface area (Å²) in [5, 5.41) is 2.70. The topological polar surface area (TPSA) is 81.4 Å². The van der Waals surface area contributed by atoms with E-state index in [0.29, 0.717) is 13.0 Å². The Labute approximate surface area is 103 Å². The van der Waals surface area contributed by atoms with Crippen molar-refractivity contribution in [3.05, 3.63) is 0 Å². The van der Waals surface area contributed by atoms with Gasteiger partial charge in [0.2, 0.25) is 5.91 Å². The molecule has 0 radical (unpaired) electrons. The summed E-state index contributed by atoms with van der Waals surface area (Å²) in [5.74, 6) is -0.322. The number of methoxy groups -OCH3 is 1. The number of hydrogen-bond acceptors (Lipinski definition) is 4. The van der Waals surface area contributed by atoms with Gasteiger partial charge in [0.15, 0.2) is 0 Å². The molecule has 0 bridgehead atoms. The van der Waals surface area contributed by atoms with Crippen LogP contribution in [0.4, 0.5) is 0 Å². The summed E-state index contributed by atoms with van der Waals surface area (Å²) >= 11 is 0. The third-order valence-corrected chi connectivity index (χ3v) is 2.00. The Bertz CT molecular complexity index is 210. The van der Waals surface area contributed by atoms with Gasteiger partial charge in [0, 0.05) is 13.0 Å². The van der Waals surface area contributed by atoms with Crippen molar-refractivity contribution in [3.8, 4) is 0 Å². The fourth-order valence-electron chi connectivity index (χ4n) is 1.05. The normalized spacial score (nSPS) is 11.2. The van der Waals surface area contributed by atoms with Gasteiger partial charge in [-0.3, -0.25) is 9.59 Å². The third kappa shape index (κ3) is 9.73. The van der Waals surface area contributed by atoms with Crippen molar-refractivity contribution in [1.29, 1.82) is 0 Å². The fraction of sp³-hybridized carbons (Fsp3) is 0.800. The minimum absolute atomic E-state index is 0. The molecule has 1 amide bonds. The number of carbonyl (C=O) groups excluding carboxylic acids is 2. The second-order valence-electron chi connectivity index (χ2n) is 3.47. The van der Waals surface area contributed by atoms with Crippen LogP contribution in [0.5, 0.6) is 0 Å². The third-order valence-electron chi connectivity index (χ3n) is 2.00. The quantitative estimate of drug-likeness (QED) is 0.514. The molecule has 96 valence electrons. The maximum absolute atomic E-state index is 11.0. The second kappa shape index (κ2) is 10.7. The summed E-state index contributed by atoms with van der Waals surface area (Å²) in [5.41, 5.74) is 5.36. The van der Waals surface area contributed by atoms with Crippen molar-refractivity contribution in [1.82, 2.24) is 5.32 Å². The minimum atomic E-state index is -0.458. The number of unbranched alkanes of at least 4 members (excludes halogenated alkanes) is 2. The van der Waals surface area contributed by atoms with E-state index in [1.54, 1.807) is 6.92 Å². The zero-order valence-electron chi connectivity index (χ0n) is 9.82. The van der Waals surface area contributed by atoms with Crippen molar-refractivity contribution in [2.45, 2.75) is 38.6 Å². The highest BCUT2D eigenvalue weighted by Crippen LogP contribution is 1.99. The molecule has 16 heavy (non-hydrogen) atoms. The molecule has 5 nitrogen and oxygen atoms in total. The molecule has 0 aromatic carbocycles. The number of nitrogens with two attached hydrogens (primary N) is 1. The largest absolute Gasteiger partial charge is 0.469 e. The van der Waals surface area contributed by atoms with Crippen LogP contribution >= 0.6 is 12.4 Å². The van der Waals surface area contributed by atoms with Crippen LogP contribution in [0.15, 0.2) is 0 Å². The van der Waals surface area contributed by atoms with Crippen LogP contribution in [0.25, 0.3) is 0 Å². The Morgan fingerprint density at radius 3 is 2.44 bits per heavy atom. The van der Waals surface area contributed by atoms with Crippen molar-refractivity contribution in [2.75, 3.05) is 13.7 Å². The number of carbonyl (C=O) groups is 2. The number of halogens is 1. The van der Waals surface area contributed by atoms with Crippen LogP contribution in [-0.2, 0) is 14.3 Å². The molecule has 6 heteroatoms. The predicted octanol–water partition coefficient (Wildman–Crippen LogP) is 0.605. The van der Waals surface area contributed by atoms with E-state index >= 15 is 0 Å². The first-order chi connectivity index (χ1) is 7.07. The minimum Gasteiger partial charge on any atom is -0.469 e. The average molecular weight is 253 g/mol. The molecular weight excluding hydrogens is 232 g/mol. The van der Waals surface area contributed by atoms with Crippen LogP contribution in [0.2, 0.25) is 0 Å². The van der Waals surface area contributed by atoms with E-state index in [9.17, 15) is 9.59 Å². The van der Waals surface area contributed by atoms with Gasteiger partial charge in [0.25, 0.3) is 0 Å². The summed E-state index contributed by atoms with van der Waals surface area (Å²) < 4.78 is 4.50. The summed E-state index contributed by atoms with van der Waals surface area (Å²) in [6, 6.07) is -0.458. The summed E-state index contributed by atoms with van der Waals surface area (Å²) in [4.78, 5) is 21.8. The first kappa shape index (κ1) is 17.6. The van der Waals surface area contributed by atoms with Crippen LogP contribution in [0, 0.1) is 0 Å². The van der Waals surface area contributed by atoms with Crippen molar-refractivity contribution in [3.63, 3.8) is 0 Å². The van der Waals surface area contributed by atoms with Crippen LogP contribution < -0.4 is 11.1 Å². The molecule has 0 aliphatic carbocycles. The standard InChI is InChI=1S/C10H20N2O3.ClH/c1-8(11)10(14)12-7-5-3-4-6-9(13)15-2;/h8H,3-7,11H2,1-2H3,(H,12,14);1H. The highest BCUT2D eigenvalue weighted by atomic mass is 35.5. The number of hydrogen-bond donors (Lipinski definition) is 2. The molecule has 1 atom stereocenters. The highest BCUT2D eigenvalue weighted by Gasteiger charge is 2.05. The summed E-state index contributed by atoms with van der Waals surface area (Å²) in [6.45, 7) is 2.26. The van der Waals surface area contributed by atoms with E-state index in [4.69, 9.17) is 5.73 Å². The number of ether oxygens (including phenoxy) is 1. The molecule has 0 rings (SSSR count). The van der Waals surface area contributed by atoms with Crippen LogP contribution in [-0.4, -0.2) is 31.6 Å². The highest BCUT2D eigenvalue weighted by molar-refractivity contribution is 5.85. The molecule has 0 aliphatic heterocycles. The lowest BCUT2D eigenvalue weighted by atomic mass is 10.2. The molecule has 0 heterocycles. The van der Waals surface area contributed by atoms with Gasteiger partial charge >= 0.3 is 5.97 Å². The molecule has 0 saturated carbocycles. The molecule has 0 fully saturated rings. The molecule has 0 spiro atoms. The summed E-state index contributed by atoms with van der Waals surface area (Å²) in [7, 11) is 1.38. The molecular formula is C10H21ClN2O3. The molecule has 0 aromatic heterocycles. The van der Waals surface area contributed by atoms with Crippen LogP contribution in [0.3, 0.4) is 0 Å². The van der Waals surface area contributed by atoms with E-state index in [2.05, 4.69) is 10.1 Å². The summed E-state index contributed by atoms with van der Waals surface area (Å²) in [6.07, 6.45) is 2.99. The van der Waals surface area contributed by atoms with Gasteiger partial charge in [-0.15, -0.1) is 12.4 Å². The van der Waals surface area contributed by atoms with Gasteiger partial charge in [0.05, 0.1) is 13.2 Å². The zero-order chi connectivity index (χ0) is 11.7. The maximum Gasteiger partial charge on any atom is 0.305 e. The SMILES string of the molecule is COC(=O)CCCCCNC(=O)C(C)N.Cl. The Hall–Kier alpha value is -0.810. The van der Waals surface area contributed by atoms with Gasteiger partial charge in [-0.1, -0.05) is 6.42 Å². The lowest BCUT2D eigenvalue weighted by Gasteiger charge is -2.06. The number of nitrogens with one attached hydrogen (secondary N) is 1. The van der Waals surface area contributed by atoms with E-state index in [1.165, 1.54) is 7.11 Å². The molecule has 0 aromatic rings. The second-order valence-corrected chi connectivity index (χ2v) is 3.47. The number of amides is 1. The van der Waals surface area contributed by atoms with Gasteiger partial charge in [-0.2, -0.15) is 0 Å². The predicted molar refractivity (Wildman–Crippen MR) is 64.4 cm³/mol. The smallest absolute Gasteiger partial charge is 0.305 e. The van der Waals surface area contributed by atoms with Gasteiger partial charge in [-0.05, 0) is 19.8 Å². The molecule has 0 aliphatic rings. The van der Waals surface area contributed by atoms with Crippen molar-refractivity contribution >= 4 is 24.3 Å². The van der Waals surface area contributed by atoms with Crippen molar-refractivity contribution in [2.24, 2.45) is 5.73 Å². The van der Waals surface area contributed by atoms with Crippen molar-refractivity contribution < 1.29 is 14.3 Å². The van der Waals surface area contributed by atoms with Gasteiger partial charge < -0.3 is 15.8 Å². The fourth-order valence-corrected chi connectivity index (χ4v) is 1.05. The number of esters is 1. The van der Waals surface area contributed by atoms with E-state index in [0.717, 1.165) is 19.3 Å². The Morgan fingerprint density at radius 1 is 1.31 bits per heavy atom. The number of rotatable bonds is 7. The first-order valence-corrected chi connectivity index (χ1v) is 5.18. The van der Waals surface area contributed by atoms with Crippen LogP contribution in [0.1, 0.15) is 32.6 Å². The average Bonchev–Trinajstić information content (AvgIpc) is 2.22. The zero-order valence-corrected chi connectivity index (χ0v) is 10.6. The van der Waals surface area contributed by atoms with Gasteiger partial charge in [-0.25, -0.2) is 0 Å². The molecule has 1 unspecified atom stereocenters. The monoisotopic (exact) mass is 252 g/mol. The van der Waals surface area contributed by atoms with E-state index in [-0.39, 0.29) is 24.3 Å². The Balaban J connectivity index is 0. The Kier molecular flexibility index (Phi) is 11.8. The van der Waals surface area contributed by atoms with Gasteiger partial charge in [0.1, 0.15) is 0 Å². The molecule has 0 saturated heterocycles.